The molecule has 0 aromatic heterocycles. The van der Waals surface area contributed by atoms with Crippen molar-refractivity contribution in [1.82, 2.24) is 14.1 Å². The average molecular weight is 477 g/mol. The third-order valence-corrected chi connectivity index (χ3v) is 8.97. The zero-order chi connectivity index (χ0) is 23.5. The van der Waals surface area contributed by atoms with E-state index in [0.717, 1.165) is 5.56 Å². The van der Waals surface area contributed by atoms with Crippen molar-refractivity contribution >= 4 is 15.9 Å². The molecule has 4 rings (SSSR count). The molecular formula is C23H32N4O5S. The number of sulfonamides is 1. The van der Waals surface area contributed by atoms with Gasteiger partial charge in [-0.25, -0.2) is 8.42 Å². The van der Waals surface area contributed by atoms with Gasteiger partial charge in [0.2, 0.25) is 15.9 Å². The Balaban J connectivity index is 1.62. The molecule has 3 aliphatic heterocycles. The van der Waals surface area contributed by atoms with Crippen molar-refractivity contribution in [2.45, 2.75) is 25.4 Å². The van der Waals surface area contributed by atoms with Gasteiger partial charge in [-0.3, -0.25) is 9.69 Å². The van der Waals surface area contributed by atoms with Crippen molar-refractivity contribution < 1.29 is 22.7 Å². The highest BCUT2D eigenvalue weighted by Gasteiger charge is 2.58. The Morgan fingerprint density at radius 3 is 2.64 bits per heavy atom. The molecule has 0 spiro atoms. The molecule has 3 saturated heterocycles. The maximum absolute atomic E-state index is 14.0. The third kappa shape index (κ3) is 4.93. The third-order valence-electron chi connectivity index (χ3n) is 7.10. The molecule has 10 heteroatoms. The zero-order valence-corrected chi connectivity index (χ0v) is 19.9. The van der Waals surface area contributed by atoms with Crippen molar-refractivity contribution in [3.8, 4) is 6.07 Å². The number of amides is 1. The van der Waals surface area contributed by atoms with Gasteiger partial charge in [0.1, 0.15) is 0 Å². The lowest BCUT2D eigenvalue weighted by molar-refractivity contribution is -0.155. The predicted octanol–water partition coefficient (Wildman–Crippen LogP) is 0.660. The molecule has 9 nitrogen and oxygen atoms in total. The second-order valence-corrected chi connectivity index (χ2v) is 11.1. The van der Waals surface area contributed by atoms with E-state index in [1.807, 2.05) is 17.0 Å². The SMILES string of the molecule is COCCN1[C@@H]2CCN(Cc3ccc(C#N)cc3)C[C@@]2(C(=O)N2CCOCC2)CCS1(=O)=O. The fourth-order valence-corrected chi connectivity index (χ4v) is 7.31. The van der Waals surface area contributed by atoms with Gasteiger partial charge in [0.15, 0.2) is 0 Å². The summed E-state index contributed by atoms with van der Waals surface area (Å²) in [5.74, 6) is 0.00576. The van der Waals surface area contributed by atoms with Crippen LogP contribution in [-0.4, -0.2) is 99.9 Å². The molecule has 3 aliphatic rings. The highest BCUT2D eigenvalue weighted by atomic mass is 32.2. The minimum absolute atomic E-state index is 0.0337. The molecule has 1 amide bonds. The van der Waals surface area contributed by atoms with Crippen LogP contribution in [0.15, 0.2) is 24.3 Å². The van der Waals surface area contributed by atoms with Gasteiger partial charge in [0.05, 0.1) is 42.6 Å². The number of likely N-dealkylation sites (tertiary alicyclic amines) is 1. The molecule has 0 N–H and O–H groups in total. The summed E-state index contributed by atoms with van der Waals surface area (Å²) in [6.07, 6.45) is 0.916. The summed E-state index contributed by atoms with van der Waals surface area (Å²) in [7, 11) is -1.89. The van der Waals surface area contributed by atoms with E-state index in [2.05, 4.69) is 11.0 Å². The number of piperidine rings is 1. The summed E-state index contributed by atoms with van der Waals surface area (Å²) in [6, 6.07) is 9.25. The Kier molecular flexibility index (Phi) is 7.36. The van der Waals surface area contributed by atoms with Gasteiger partial charge in [-0.1, -0.05) is 12.1 Å². The van der Waals surface area contributed by atoms with Gasteiger partial charge in [0.25, 0.3) is 0 Å². The Labute approximate surface area is 195 Å². The number of nitrogens with zero attached hydrogens (tertiary/aromatic N) is 4. The van der Waals surface area contributed by atoms with Crippen LogP contribution in [0.25, 0.3) is 0 Å². The monoisotopic (exact) mass is 476 g/mol. The van der Waals surface area contributed by atoms with E-state index < -0.39 is 15.4 Å². The highest BCUT2D eigenvalue weighted by Crippen LogP contribution is 2.44. The van der Waals surface area contributed by atoms with Crippen LogP contribution < -0.4 is 0 Å². The standard InChI is InChI=1S/C23H32N4O5S/c1-31-12-11-27-21-6-8-25(17-20-4-2-19(16-24)3-5-20)18-23(21,7-15-33(27,29)30)22(28)26-9-13-32-14-10-26/h2-5,21H,6-15,17-18H2,1H3/t21-,23+/m1/s1. The maximum atomic E-state index is 14.0. The van der Waals surface area contributed by atoms with Crippen LogP contribution in [0.1, 0.15) is 24.0 Å². The van der Waals surface area contributed by atoms with E-state index in [1.165, 1.54) is 4.31 Å². The Bertz CT molecular complexity index is 987. The zero-order valence-electron chi connectivity index (χ0n) is 19.1. The summed E-state index contributed by atoms with van der Waals surface area (Å²) in [5, 5.41) is 9.05. The minimum atomic E-state index is -3.44. The van der Waals surface area contributed by atoms with Crippen LogP contribution in [0.3, 0.4) is 0 Å². The van der Waals surface area contributed by atoms with Gasteiger partial charge in [-0.05, 0) is 30.5 Å². The number of carbonyl (C=O) groups excluding carboxylic acids is 1. The summed E-state index contributed by atoms with van der Waals surface area (Å²) in [4.78, 5) is 18.1. The lowest BCUT2D eigenvalue weighted by Gasteiger charge is -2.54. The van der Waals surface area contributed by atoms with E-state index in [-0.39, 0.29) is 24.2 Å². The normalized spacial score (nSPS) is 28.1. The molecule has 0 aliphatic carbocycles. The lowest BCUT2D eigenvalue weighted by atomic mass is 9.71. The number of nitriles is 1. The molecule has 180 valence electrons. The minimum Gasteiger partial charge on any atom is -0.383 e. The van der Waals surface area contributed by atoms with E-state index in [9.17, 15) is 13.2 Å². The number of hydrogen-bond acceptors (Lipinski definition) is 7. The molecule has 1 aromatic rings. The average Bonchev–Trinajstić information content (AvgIpc) is 2.84. The fourth-order valence-electron chi connectivity index (χ4n) is 5.40. The van der Waals surface area contributed by atoms with Gasteiger partial charge in [-0.2, -0.15) is 9.57 Å². The number of benzene rings is 1. The Morgan fingerprint density at radius 1 is 1.24 bits per heavy atom. The number of ether oxygens (including phenoxy) is 2. The molecule has 3 fully saturated rings. The number of morpholine rings is 1. The number of fused-ring (bicyclic) bond motifs is 1. The van der Waals surface area contributed by atoms with E-state index in [0.29, 0.717) is 70.9 Å². The summed E-state index contributed by atoms with van der Waals surface area (Å²) in [6.45, 7) is 4.50. The first-order valence-corrected chi connectivity index (χ1v) is 13.1. The number of hydrogen-bond donors (Lipinski definition) is 0. The van der Waals surface area contributed by atoms with Crippen molar-refractivity contribution in [1.29, 1.82) is 5.26 Å². The van der Waals surface area contributed by atoms with Gasteiger partial charge < -0.3 is 14.4 Å². The fraction of sp³-hybridized carbons (Fsp3) is 0.652. The first-order valence-electron chi connectivity index (χ1n) is 11.5. The summed E-state index contributed by atoms with van der Waals surface area (Å²) in [5.41, 5.74) is 0.894. The topological polar surface area (TPSA) is 103 Å². The van der Waals surface area contributed by atoms with E-state index in [1.54, 1.807) is 19.2 Å². The molecule has 1 aromatic carbocycles. The van der Waals surface area contributed by atoms with Crippen LogP contribution >= 0.6 is 0 Å². The van der Waals surface area contributed by atoms with Crippen LogP contribution in [0.5, 0.6) is 0 Å². The van der Waals surface area contributed by atoms with Crippen molar-refractivity contribution in [3.05, 3.63) is 35.4 Å². The summed E-state index contributed by atoms with van der Waals surface area (Å²) >= 11 is 0. The van der Waals surface area contributed by atoms with Gasteiger partial charge in [-0.15, -0.1) is 0 Å². The summed E-state index contributed by atoms with van der Waals surface area (Å²) < 4.78 is 38.2. The van der Waals surface area contributed by atoms with E-state index in [4.69, 9.17) is 14.7 Å². The molecule has 0 unspecified atom stereocenters. The Hall–Kier alpha value is -2.03. The first kappa shape index (κ1) is 24.1. The lowest BCUT2D eigenvalue weighted by Crippen LogP contribution is -2.69. The van der Waals surface area contributed by atoms with E-state index >= 15 is 0 Å². The predicted molar refractivity (Wildman–Crippen MR) is 122 cm³/mol. The second-order valence-electron chi connectivity index (χ2n) is 9.05. The first-order chi connectivity index (χ1) is 15.9. The molecule has 0 saturated carbocycles. The molecule has 33 heavy (non-hydrogen) atoms. The van der Waals surface area contributed by atoms with Crippen LogP contribution in [0.4, 0.5) is 0 Å². The van der Waals surface area contributed by atoms with Crippen molar-refractivity contribution in [3.63, 3.8) is 0 Å². The Morgan fingerprint density at radius 2 is 1.97 bits per heavy atom. The van der Waals surface area contributed by atoms with Crippen LogP contribution in [0, 0.1) is 16.7 Å². The molecule has 2 atom stereocenters. The van der Waals surface area contributed by atoms with Gasteiger partial charge >= 0.3 is 0 Å². The van der Waals surface area contributed by atoms with Crippen molar-refractivity contribution in [2.24, 2.45) is 5.41 Å². The van der Waals surface area contributed by atoms with Gasteiger partial charge in [0, 0.05) is 52.4 Å². The molecule has 0 radical (unpaired) electrons. The van der Waals surface area contributed by atoms with Crippen molar-refractivity contribution in [2.75, 3.05) is 65.4 Å². The second kappa shape index (κ2) is 10.1. The maximum Gasteiger partial charge on any atom is 0.231 e. The number of methoxy groups -OCH3 is 1. The largest absolute Gasteiger partial charge is 0.383 e. The quantitative estimate of drug-likeness (QED) is 0.594. The molecular weight excluding hydrogens is 444 g/mol. The smallest absolute Gasteiger partial charge is 0.231 e. The van der Waals surface area contributed by atoms with Crippen LogP contribution in [-0.2, 0) is 30.8 Å². The molecule has 0 bridgehead atoms. The number of rotatable bonds is 6. The van der Waals surface area contributed by atoms with Crippen LogP contribution in [0.2, 0.25) is 0 Å². The molecule has 3 heterocycles. The highest BCUT2D eigenvalue weighted by molar-refractivity contribution is 7.89. The number of carbonyl (C=O) groups is 1.